The molecule has 0 spiro atoms. The minimum atomic E-state index is -1.03. The van der Waals surface area contributed by atoms with Crippen LogP contribution in [-0.2, 0) is 10.2 Å². The molecule has 2 unspecified atom stereocenters. The number of aliphatic carboxylic acids is 1. The predicted molar refractivity (Wildman–Crippen MR) is 149 cm³/mol. The highest BCUT2D eigenvalue weighted by atomic mass is 16.5. The normalized spacial score (nSPS) is 13.7. The number of rotatable bonds is 12. The van der Waals surface area contributed by atoms with Gasteiger partial charge in [0, 0.05) is 18.0 Å². The highest BCUT2D eigenvalue weighted by molar-refractivity contribution is 5.97. The van der Waals surface area contributed by atoms with E-state index in [9.17, 15) is 19.8 Å². The molecule has 0 bridgehead atoms. The third-order valence-corrected chi connectivity index (χ3v) is 8.49. The zero-order chi connectivity index (χ0) is 28.1. The molecular weight excluding hydrogens is 466 g/mol. The van der Waals surface area contributed by atoms with E-state index in [-0.39, 0.29) is 17.4 Å². The topological polar surface area (TPSA) is 87.1 Å². The summed E-state index contributed by atoms with van der Waals surface area (Å²) in [5.41, 5.74) is 3.51. The zero-order valence-corrected chi connectivity index (χ0v) is 24.0. The van der Waals surface area contributed by atoms with Crippen LogP contribution in [0.4, 0.5) is 0 Å². The van der Waals surface area contributed by atoms with Gasteiger partial charge in [-0.05, 0) is 87.8 Å². The number of aryl methyl sites for hydroxylation is 2. The lowest BCUT2D eigenvalue weighted by Gasteiger charge is -2.35. The number of carboxylic acids is 1. The van der Waals surface area contributed by atoms with E-state index < -0.39 is 17.6 Å². The van der Waals surface area contributed by atoms with Gasteiger partial charge in [0.1, 0.15) is 23.5 Å². The summed E-state index contributed by atoms with van der Waals surface area (Å²) in [6, 6.07) is 11.2. The first-order valence-electron chi connectivity index (χ1n) is 13.4. The number of amides is 1. The molecule has 0 fully saturated rings. The molecule has 2 aromatic carbocycles. The Morgan fingerprint density at radius 2 is 1.41 bits per heavy atom. The third kappa shape index (κ3) is 6.01. The van der Waals surface area contributed by atoms with Crippen LogP contribution in [0.15, 0.2) is 36.4 Å². The van der Waals surface area contributed by atoms with Crippen LogP contribution >= 0.6 is 0 Å². The van der Waals surface area contributed by atoms with Crippen molar-refractivity contribution in [3.8, 4) is 5.75 Å². The van der Waals surface area contributed by atoms with Gasteiger partial charge in [-0.2, -0.15) is 0 Å². The maximum absolute atomic E-state index is 13.0. The molecule has 37 heavy (non-hydrogen) atoms. The number of likely N-dealkylation sites (N-methyl/N-ethyl adjacent to an activating group) is 1. The second-order valence-corrected chi connectivity index (χ2v) is 10.3. The van der Waals surface area contributed by atoms with Crippen LogP contribution in [0.5, 0.6) is 5.75 Å². The Morgan fingerprint density at radius 1 is 0.892 bits per heavy atom. The summed E-state index contributed by atoms with van der Waals surface area (Å²) in [6.45, 7) is 15.6. The van der Waals surface area contributed by atoms with E-state index in [0.717, 1.165) is 35.3 Å². The zero-order valence-electron chi connectivity index (χ0n) is 24.0. The summed E-state index contributed by atoms with van der Waals surface area (Å²) in [6.07, 6.45) is 2.66. The van der Waals surface area contributed by atoms with Gasteiger partial charge in [-0.25, -0.2) is 4.79 Å². The van der Waals surface area contributed by atoms with Crippen molar-refractivity contribution in [2.45, 2.75) is 104 Å². The smallest absolute Gasteiger partial charge is 0.326 e. The fourth-order valence-corrected chi connectivity index (χ4v) is 5.17. The van der Waals surface area contributed by atoms with E-state index in [4.69, 9.17) is 4.74 Å². The molecule has 2 atom stereocenters. The van der Waals surface area contributed by atoms with Gasteiger partial charge in [-0.3, -0.25) is 4.79 Å². The monoisotopic (exact) mass is 511 g/mol. The minimum Gasteiger partial charge on any atom is -0.487 e. The number of carbonyl (C=O) groups is 2. The number of carboxylic acid groups (broad SMARTS) is 1. The fraction of sp³-hybridized carbons (Fsp3) is 0.548. The Balaban J connectivity index is 2.45. The number of aliphatic hydroxyl groups is 1. The van der Waals surface area contributed by atoms with E-state index >= 15 is 0 Å². The molecule has 0 saturated carbocycles. The quantitative estimate of drug-likeness (QED) is 0.351. The number of carbonyl (C=O) groups excluding carboxylic acids is 1. The maximum Gasteiger partial charge on any atom is 0.326 e. The summed E-state index contributed by atoms with van der Waals surface area (Å²) < 4.78 is 6.22. The van der Waals surface area contributed by atoms with Crippen molar-refractivity contribution in [3.63, 3.8) is 0 Å². The molecule has 0 saturated heterocycles. The van der Waals surface area contributed by atoms with E-state index in [0.29, 0.717) is 18.4 Å². The highest BCUT2D eigenvalue weighted by Gasteiger charge is 2.34. The van der Waals surface area contributed by atoms with Crippen LogP contribution in [0.25, 0.3) is 0 Å². The van der Waals surface area contributed by atoms with Crippen molar-refractivity contribution < 1.29 is 24.5 Å². The van der Waals surface area contributed by atoms with Gasteiger partial charge >= 0.3 is 5.97 Å². The molecule has 6 nitrogen and oxygen atoms in total. The van der Waals surface area contributed by atoms with Crippen LogP contribution in [0, 0.1) is 13.8 Å². The maximum atomic E-state index is 13.0. The van der Waals surface area contributed by atoms with Crippen molar-refractivity contribution in [3.05, 3.63) is 64.2 Å². The van der Waals surface area contributed by atoms with Gasteiger partial charge in [0.05, 0.1) is 0 Å². The summed E-state index contributed by atoms with van der Waals surface area (Å²) in [4.78, 5) is 25.6. The lowest BCUT2D eigenvalue weighted by Crippen LogP contribution is -2.43. The summed E-state index contributed by atoms with van der Waals surface area (Å²) in [5.74, 6) is -0.569. The molecule has 0 heterocycles. The highest BCUT2D eigenvalue weighted by Crippen LogP contribution is 2.41. The first kappa shape index (κ1) is 30.4. The van der Waals surface area contributed by atoms with E-state index in [1.807, 2.05) is 52.8 Å². The lowest BCUT2D eigenvalue weighted by atomic mass is 9.70. The number of hydrogen-bond donors (Lipinski definition) is 2. The number of hydrogen-bond acceptors (Lipinski definition) is 4. The standard InChI is InChI=1S/C31H45NO5/c1-10-30(11-2,24-14-16-26(20(5)18-24)28(33)32(9)22(7)29(34)35)25-15-17-27(21(6)19-25)37-23(8)31(36,12-3)13-4/h14-19,22-23,36H,10-13H2,1-9H3,(H,34,35). The second kappa shape index (κ2) is 12.1. The molecule has 2 rings (SSSR count). The second-order valence-electron chi connectivity index (χ2n) is 10.3. The number of nitrogens with zero attached hydrogens (tertiary/aromatic N) is 1. The molecule has 0 aliphatic carbocycles. The molecule has 2 N–H and O–H groups in total. The van der Waals surface area contributed by atoms with Gasteiger partial charge in [-0.15, -0.1) is 0 Å². The van der Waals surface area contributed by atoms with Gasteiger partial charge in [0.2, 0.25) is 0 Å². The van der Waals surface area contributed by atoms with Crippen molar-refractivity contribution in [1.82, 2.24) is 4.90 Å². The molecule has 0 aliphatic rings. The average Bonchev–Trinajstić information content (AvgIpc) is 2.89. The molecule has 0 radical (unpaired) electrons. The number of benzene rings is 2. The molecule has 0 aliphatic heterocycles. The Morgan fingerprint density at radius 3 is 1.84 bits per heavy atom. The Bertz CT molecular complexity index is 1100. The van der Waals surface area contributed by atoms with Crippen LogP contribution in [0.3, 0.4) is 0 Å². The van der Waals surface area contributed by atoms with Crippen LogP contribution in [0.2, 0.25) is 0 Å². The van der Waals surface area contributed by atoms with Gasteiger partial charge in [-0.1, -0.05) is 52.0 Å². The number of ether oxygens (including phenoxy) is 1. The van der Waals surface area contributed by atoms with Crippen molar-refractivity contribution in [2.24, 2.45) is 0 Å². The predicted octanol–water partition coefficient (Wildman–Crippen LogP) is 6.27. The minimum absolute atomic E-state index is 0.255. The summed E-state index contributed by atoms with van der Waals surface area (Å²) >= 11 is 0. The van der Waals surface area contributed by atoms with Crippen LogP contribution in [-0.4, -0.2) is 51.8 Å². The van der Waals surface area contributed by atoms with E-state index in [2.05, 4.69) is 32.0 Å². The molecule has 6 heteroatoms. The largest absolute Gasteiger partial charge is 0.487 e. The SMILES string of the molecule is CCC(CC)(c1ccc(OC(C)C(O)(CC)CC)c(C)c1)c1ccc(C(=O)N(C)C(C)C(=O)O)c(C)c1. The molecular formula is C31H45NO5. The Labute approximate surface area is 222 Å². The van der Waals surface area contributed by atoms with Gasteiger partial charge in [0.25, 0.3) is 5.91 Å². The summed E-state index contributed by atoms with van der Waals surface area (Å²) in [7, 11) is 1.52. The summed E-state index contributed by atoms with van der Waals surface area (Å²) in [5, 5.41) is 20.2. The first-order valence-corrected chi connectivity index (χ1v) is 13.4. The molecule has 204 valence electrons. The van der Waals surface area contributed by atoms with E-state index in [1.54, 1.807) is 0 Å². The average molecular weight is 512 g/mol. The van der Waals surface area contributed by atoms with E-state index in [1.165, 1.54) is 24.4 Å². The third-order valence-electron chi connectivity index (χ3n) is 8.49. The van der Waals surface area contributed by atoms with Gasteiger partial charge in [0.15, 0.2) is 0 Å². The van der Waals surface area contributed by atoms with Crippen molar-refractivity contribution >= 4 is 11.9 Å². The van der Waals surface area contributed by atoms with Crippen LogP contribution < -0.4 is 4.74 Å². The van der Waals surface area contributed by atoms with Crippen molar-refractivity contribution in [2.75, 3.05) is 7.05 Å². The molecule has 1 amide bonds. The van der Waals surface area contributed by atoms with Crippen LogP contribution in [0.1, 0.15) is 99.8 Å². The van der Waals surface area contributed by atoms with Gasteiger partial charge < -0.3 is 19.8 Å². The first-order chi connectivity index (χ1) is 17.3. The van der Waals surface area contributed by atoms with Crippen molar-refractivity contribution in [1.29, 1.82) is 0 Å². The Kier molecular flexibility index (Phi) is 9.95. The molecule has 0 aromatic heterocycles. The molecule has 2 aromatic rings. The lowest BCUT2D eigenvalue weighted by molar-refractivity contribution is -0.141. The fourth-order valence-electron chi connectivity index (χ4n) is 5.17. The Hall–Kier alpha value is -2.86.